The Hall–Kier alpha value is -3.85. The number of rotatable bonds is 12. The second-order valence-corrected chi connectivity index (χ2v) is 11.7. The molecule has 8 nitrogen and oxygen atoms in total. The molecule has 0 aromatic heterocycles. The van der Waals surface area contributed by atoms with E-state index in [-0.39, 0.29) is 29.0 Å². The van der Waals surface area contributed by atoms with Crippen molar-refractivity contribution in [3.05, 3.63) is 90.0 Å². The molecule has 0 unspecified atom stereocenters. The van der Waals surface area contributed by atoms with E-state index in [1.54, 1.807) is 49.4 Å². The van der Waals surface area contributed by atoms with Crippen LogP contribution in [0.2, 0.25) is 0 Å². The second-order valence-electron chi connectivity index (χ2n) is 9.82. The average molecular weight is 552 g/mol. The molecule has 0 bridgehead atoms. The first-order chi connectivity index (χ1) is 18.5. The maximum absolute atomic E-state index is 14.0. The van der Waals surface area contributed by atoms with Crippen molar-refractivity contribution in [1.29, 1.82) is 0 Å². The molecular formula is C30H37N3O5S. The minimum absolute atomic E-state index is 0.0384. The second kappa shape index (κ2) is 13.3. The van der Waals surface area contributed by atoms with Crippen molar-refractivity contribution < 1.29 is 22.7 Å². The molecule has 0 saturated heterocycles. The zero-order chi connectivity index (χ0) is 28.6. The summed E-state index contributed by atoms with van der Waals surface area (Å²) in [6, 6.07) is 21.4. The maximum atomic E-state index is 14.0. The Morgan fingerprint density at radius 1 is 0.897 bits per heavy atom. The molecule has 0 saturated carbocycles. The Bertz CT molecular complexity index is 1360. The number of ether oxygens (including phenoxy) is 1. The average Bonchev–Trinajstić information content (AvgIpc) is 2.94. The summed E-state index contributed by atoms with van der Waals surface area (Å²) in [6.45, 7) is 7.67. The number of carbonyl (C=O) groups excluding carboxylic acids is 2. The van der Waals surface area contributed by atoms with Crippen molar-refractivity contribution in [3.8, 4) is 5.75 Å². The third kappa shape index (κ3) is 7.60. The molecule has 0 fully saturated rings. The van der Waals surface area contributed by atoms with Crippen LogP contribution < -0.4 is 14.4 Å². The van der Waals surface area contributed by atoms with Crippen LogP contribution >= 0.6 is 0 Å². The Kier molecular flexibility index (Phi) is 10.1. The summed E-state index contributed by atoms with van der Waals surface area (Å²) in [6.07, 6.45) is 0. The number of hydrogen-bond acceptors (Lipinski definition) is 5. The van der Waals surface area contributed by atoms with Crippen LogP contribution in [0.5, 0.6) is 5.75 Å². The lowest BCUT2D eigenvalue weighted by molar-refractivity contribution is -0.139. The van der Waals surface area contributed by atoms with Gasteiger partial charge in [0.05, 0.1) is 17.7 Å². The molecule has 0 aliphatic heterocycles. The Morgan fingerprint density at radius 2 is 1.51 bits per heavy atom. The van der Waals surface area contributed by atoms with Gasteiger partial charge in [0.15, 0.2) is 0 Å². The number of para-hydroxylation sites is 2. The molecule has 0 aliphatic carbocycles. The smallest absolute Gasteiger partial charge is 0.264 e. The zero-order valence-electron chi connectivity index (χ0n) is 23.1. The van der Waals surface area contributed by atoms with Gasteiger partial charge in [-0.3, -0.25) is 13.9 Å². The largest absolute Gasteiger partial charge is 0.495 e. The van der Waals surface area contributed by atoms with Crippen molar-refractivity contribution in [2.75, 3.05) is 24.5 Å². The summed E-state index contributed by atoms with van der Waals surface area (Å²) in [5.74, 6) is -0.288. The SMILES string of the molecule is COc1ccccc1N(CC(=O)N(Cc1ccc(C)cc1)[C@H](C)C(=O)NCC(C)C)S(=O)(=O)c1ccccc1. The molecule has 3 aromatic rings. The number of methoxy groups -OCH3 is 1. The topological polar surface area (TPSA) is 96.0 Å². The molecule has 1 atom stereocenters. The lowest BCUT2D eigenvalue weighted by Crippen LogP contribution is -2.51. The summed E-state index contributed by atoms with van der Waals surface area (Å²) in [5, 5.41) is 2.89. The molecule has 2 amide bonds. The predicted molar refractivity (Wildman–Crippen MR) is 153 cm³/mol. The van der Waals surface area contributed by atoms with E-state index in [9.17, 15) is 18.0 Å². The van der Waals surface area contributed by atoms with Crippen LogP contribution in [-0.4, -0.2) is 51.4 Å². The van der Waals surface area contributed by atoms with Crippen LogP contribution in [0.1, 0.15) is 31.9 Å². The molecule has 0 heterocycles. The fourth-order valence-corrected chi connectivity index (χ4v) is 5.44. The number of nitrogens with zero attached hydrogens (tertiary/aromatic N) is 2. The Balaban J connectivity index is 2.03. The molecule has 3 rings (SSSR count). The summed E-state index contributed by atoms with van der Waals surface area (Å²) < 4.78 is 34.2. The molecular weight excluding hydrogens is 514 g/mol. The number of hydrogen-bond donors (Lipinski definition) is 1. The van der Waals surface area contributed by atoms with Crippen LogP contribution in [-0.2, 0) is 26.2 Å². The van der Waals surface area contributed by atoms with Gasteiger partial charge >= 0.3 is 0 Å². The summed E-state index contributed by atoms with van der Waals surface area (Å²) in [5.41, 5.74) is 2.12. The first kappa shape index (κ1) is 29.7. The van der Waals surface area contributed by atoms with Gasteiger partial charge in [0.2, 0.25) is 11.8 Å². The first-order valence-corrected chi connectivity index (χ1v) is 14.3. The van der Waals surface area contributed by atoms with Crippen molar-refractivity contribution in [3.63, 3.8) is 0 Å². The molecule has 9 heteroatoms. The lowest BCUT2D eigenvalue weighted by atomic mass is 10.1. The first-order valence-electron chi connectivity index (χ1n) is 12.9. The number of nitrogens with one attached hydrogen (secondary N) is 1. The van der Waals surface area contributed by atoms with Gasteiger partial charge in [0.25, 0.3) is 10.0 Å². The van der Waals surface area contributed by atoms with Gasteiger partial charge in [-0.05, 0) is 49.6 Å². The van der Waals surface area contributed by atoms with Crippen LogP contribution in [0, 0.1) is 12.8 Å². The van der Waals surface area contributed by atoms with Crippen LogP contribution in [0.25, 0.3) is 0 Å². The van der Waals surface area contributed by atoms with Gasteiger partial charge in [0.1, 0.15) is 18.3 Å². The Labute approximate surface area is 231 Å². The third-order valence-electron chi connectivity index (χ3n) is 6.29. The van der Waals surface area contributed by atoms with E-state index in [0.29, 0.717) is 12.3 Å². The zero-order valence-corrected chi connectivity index (χ0v) is 23.9. The summed E-state index contributed by atoms with van der Waals surface area (Å²) in [4.78, 5) is 28.5. The molecule has 0 spiro atoms. The molecule has 0 aliphatic rings. The molecule has 0 radical (unpaired) electrons. The molecule has 39 heavy (non-hydrogen) atoms. The number of carbonyl (C=O) groups is 2. The van der Waals surface area contributed by atoms with Crippen molar-refractivity contribution >= 4 is 27.5 Å². The molecule has 1 N–H and O–H groups in total. The highest BCUT2D eigenvalue weighted by Gasteiger charge is 2.33. The van der Waals surface area contributed by atoms with Gasteiger partial charge in [-0.2, -0.15) is 0 Å². The molecule has 208 valence electrons. The highest BCUT2D eigenvalue weighted by molar-refractivity contribution is 7.92. The van der Waals surface area contributed by atoms with Gasteiger partial charge in [-0.1, -0.05) is 74.0 Å². The van der Waals surface area contributed by atoms with Crippen LogP contribution in [0.15, 0.2) is 83.8 Å². The maximum Gasteiger partial charge on any atom is 0.264 e. The predicted octanol–water partition coefficient (Wildman–Crippen LogP) is 4.39. The standard InChI is InChI=1S/C30H37N3O5S/c1-22(2)19-31-30(35)24(4)32(20-25-17-15-23(3)16-18-25)29(34)21-33(27-13-9-10-14-28(27)38-5)39(36,37)26-11-7-6-8-12-26/h6-18,22,24H,19-21H2,1-5H3,(H,31,35)/t24-/m1/s1. The van der Waals surface area contributed by atoms with E-state index in [2.05, 4.69) is 5.32 Å². The minimum atomic E-state index is -4.16. The van der Waals surface area contributed by atoms with Gasteiger partial charge < -0.3 is 15.0 Å². The monoisotopic (exact) mass is 551 g/mol. The normalized spacial score (nSPS) is 12.1. The number of benzene rings is 3. The Morgan fingerprint density at radius 3 is 2.13 bits per heavy atom. The van der Waals surface area contributed by atoms with Crippen LogP contribution in [0.3, 0.4) is 0 Å². The van der Waals surface area contributed by atoms with E-state index >= 15 is 0 Å². The number of anilines is 1. The van der Waals surface area contributed by atoms with Gasteiger partial charge in [0, 0.05) is 13.1 Å². The van der Waals surface area contributed by atoms with Crippen molar-refractivity contribution in [1.82, 2.24) is 10.2 Å². The van der Waals surface area contributed by atoms with Gasteiger partial charge in [-0.15, -0.1) is 0 Å². The quantitative estimate of drug-likeness (QED) is 0.360. The van der Waals surface area contributed by atoms with Crippen LogP contribution in [0.4, 0.5) is 5.69 Å². The van der Waals surface area contributed by atoms with E-state index in [0.717, 1.165) is 15.4 Å². The van der Waals surface area contributed by atoms with Gasteiger partial charge in [-0.25, -0.2) is 8.42 Å². The number of amides is 2. The summed E-state index contributed by atoms with van der Waals surface area (Å²) >= 11 is 0. The van der Waals surface area contributed by atoms with E-state index in [1.165, 1.54) is 24.1 Å². The third-order valence-corrected chi connectivity index (χ3v) is 8.06. The van der Waals surface area contributed by atoms with E-state index in [4.69, 9.17) is 4.74 Å². The van der Waals surface area contributed by atoms with Crippen molar-refractivity contribution in [2.24, 2.45) is 5.92 Å². The van der Waals surface area contributed by atoms with E-state index in [1.807, 2.05) is 45.0 Å². The number of sulfonamides is 1. The highest BCUT2D eigenvalue weighted by Crippen LogP contribution is 2.32. The molecule has 3 aromatic carbocycles. The minimum Gasteiger partial charge on any atom is -0.495 e. The fourth-order valence-electron chi connectivity index (χ4n) is 3.99. The van der Waals surface area contributed by atoms with E-state index < -0.39 is 28.5 Å². The van der Waals surface area contributed by atoms with Crippen molar-refractivity contribution in [2.45, 2.75) is 45.2 Å². The number of aryl methyl sites for hydroxylation is 1. The lowest BCUT2D eigenvalue weighted by Gasteiger charge is -2.32. The summed E-state index contributed by atoms with van der Waals surface area (Å²) in [7, 11) is -2.71. The fraction of sp³-hybridized carbons (Fsp3) is 0.333. The highest BCUT2D eigenvalue weighted by atomic mass is 32.2.